The van der Waals surface area contributed by atoms with Crippen molar-refractivity contribution in [2.24, 2.45) is 0 Å². The summed E-state index contributed by atoms with van der Waals surface area (Å²) in [5.41, 5.74) is 2.23. The molecule has 0 fully saturated rings. The van der Waals surface area contributed by atoms with Gasteiger partial charge in [0.1, 0.15) is 18.2 Å². The number of carboxylic acids is 1. The average molecular weight is 460 g/mol. The summed E-state index contributed by atoms with van der Waals surface area (Å²) in [4.78, 5) is 11.4. The number of hydrogen-bond acceptors (Lipinski definition) is 5. The Morgan fingerprint density at radius 2 is 1.69 bits per heavy atom. The van der Waals surface area contributed by atoms with Crippen LogP contribution < -0.4 is 9.47 Å². The molecule has 0 aliphatic carbocycles. The zero-order chi connectivity index (χ0) is 23.0. The van der Waals surface area contributed by atoms with Crippen molar-refractivity contribution in [3.63, 3.8) is 0 Å². The van der Waals surface area contributed by atoms with Gasteiger partial charge in [-0.05, 0) is 65.1 Å². The number of hydrogen-bond donors (Lipinski definition) is 1. The van der Waals surface area contributed by atoms with E-state index in [4.69, 9.17) is 9.47 Å². The third-order valence-electron chi connectivity index (χ3n) is 5.01. The Morgan fingerprint density at radius 3 is 2.28 bits per heavy atom. The minimum Gasteiger partial charge on any atom is -0.485 e. The molecule has 9 heteroatoms. The van der Waals surface area contributed by atoms with Gasteiger partial charge in [-0.3, -0.25) is 0 Å². The molecule has 6 nitrogen and oxygen atoms in total. The summed E-state index contributed by atoms with van der Waals surface area (Å²) in [6, 6.07) is 12.6. The van der Waals surface area contributed by atoms with E-state index in [-0.39, 0.29) is 23.7 Å². The Balaban J connectivity index is 1.81. The molecule has 1 aliphatic heterocycles. The normalized spacial score (nSPS) is 15.4. The maximum atomic E-state index is 13.7. The van der Waals surface area contributed by atoms with Crippen LogP contribution in [0, 0.1) is 11.6 Å². The summed E-state index contributed by atoms with van der Waals surface area (Å²) in [6.45, 7) is -0.182. The Morgan fingerprint density at radius 1 is 1.03 bits per heavy atom. The Hall–Kier alpha value is -3.46. The average Bonchev–Trinajstić information content (AvgIpc) is 2.71. The molecule has 0 aromatic heterocycles. The van der Waals surface area contributed by atoms with Crippen molar-refractivity contribution in [1.29, 1.82) is 0 Å². The summed E-state index contributed by atoms with van der Waals surface area (Å²) < 4.78 is 62.1. The van der Waals surface area contributed by atoms with E-state index in [0.717, 1.165) is 12.3 Å². The number of benzene rings is 3. The van der Waals surface area contributed by atoms with Crippen molar-refractivity contribution >= 4 is 15.8 Å². The minimum absolute atomic E-state index is 0.137. The third kappa shape index (κ3) is 4.57. The van der Waals surface area contributed by atoms with Crippen molar-refractivity contribution in [2.75, 3.05) is 12.9 Å². The monoisotopic (exact) mass is 460 g/mol. The predicted molar refractivity (Wildman–Crippen MR) is 112 cm³/mol. The fourth-order valence-corrected chi connectivity index (χ4v) is 4.14. The maximum Gasteiger partial charge on any atom is 0.348 e. The Labute approximate surface area is 183 Å². The molecule has 0 amide bonds. The number of carboxylic acid groups (broad SMARTS) is 1. The van der Waals surface area contributed by atoms with Gasteiger partial charge in [-0.2, -0.15) is 0 Å². The van der Waals surface area contributed by atoms with Crippen LogP contribution in [-0.4, -0.2) is 38.5 Å². The molecule has 4 rings (SSSR count). The topological polar surface area (TPSA) is 89.9 Å². The molecule has 1 unspecified atom stereocenters. The molecule has 32 heavy (non-hydrogen) atoms. The van der Waals surface area contributed by atoms with Crippen molar-refractivity contribution in [1.82, 2.24) is 0 Å². The van der Waals surface area contributed by atoms with Gasteiger partial charge in [0, 0.05) is 12.3 Å². The number of sulfone groups is 1. The van der Waals surface area contributed by atoms with Crippen LogP contribution in [0.5, 0.6) is 11.5 Å². The van der Waals surface area contributed by atoms with Crippen LogP contribution in [0.2, 0.25) is 0 Å². The van der Waals surface area contributed by atoms with Gasteiger partial charge in [0.2, 0.25) is 6.10 Å². The SMILES string of the molecule is CS(=O)(=O)c1ccc(-c2cc3c(cc2Cc2cc(F)cc(F)c2)OCC(C(=O)O)O3)cc1. The van der Waals surface area contributed by atoms with Crippen molar-refractivity contribution < 1.29 is 36.6 Å². The van der Waals surface area contributed by atoms with E-state index in [1.54, 1.807) is 24.3 Å². The van der Waals surface area contributed by atoms with Crippen molar-refractivity contribution in [2.45, 2.75) is 17.4 Å². The van der Waals surface area contributed by atoms with Gasteiger partial charge in [0.15, 0.2) is 21.3 Å². The van der Waals surface area contributed by atoms with E-state index < -0.39 is 33.5 Å². The first-order valence-electron chi connectivity index (χ1n) is 9.55. The first-order valence-corrected chi connectivity index (χ1v) is 11.4. The number of halogens is 2. The lowest BCUT2D eigenvalue weighted by Crippen LogP contribution is -2.36. The van der Waals surface area contributed by atoms with E-state index in [1.165, 1.54) is 24.3 Å². The quantitative estimate of drug-likeness (QED) is 0.622. The van der Waals surface area contributed by atoms with Gasteiger partial charge in [-0.15, -0.1) is 0 Å². The van der Waals surface area contributed by atoms with Gasteiger partial charge >= 0.3 is 5.97 Å². The van der Waals surface area contributed by atoms with Crippen LogP contribution in [0.3, 0.4) is 0 Å². The van der Waals surface area contributed by atoms with Crippen molar-refractivity contribution in [3.05, 3.63) is 77.4 Å². The van der Waals surface area contributed by atoms with Crippen LogP contribution >= 0.6 is 0 Å². The van der Waals surface area contributed by atoms with Crippen molar-refractivity contribution in [3.8, 4) is 22.6 Å². The fraction of sp³-hybridized carbons (Fsp3) is 0.174. The summed E-state index contributed by atoms with van der Waals surface area (Å²) in [5.74, 6) is -2.07. The smallest absolute Gasteiger partial charge is 0.348 e. The molecule has 166 valence electrons. The third-order valence-corrected chi connectivity index (χ3v) is 6.14. The molecule has 0 radical (unpaired) electrons. The molecule has 1 atom stereocenters. The molecule has 0 spiro atoms. The minimum atomic E-state index is -3.39. The van der Waals surface area contributed by atoms with Gasteiger partial charge in [0.25, 0.3) is 0 Å². The fourth-order valence-electron chi connectivity index (χ4n) is 3.51. The molecular formula is C23H18F2O6S. The van der Waals surface area contributed by atoms with Crippen LogP contribution in [0.15, 0.2) is 59.5 Å². The molecule has 0 saturated heterocycles. The van der Waals surface area contributed by atoms with E-state index in [2.05, 4.69) is 0 Å². The number of ether oxygens (including phenoxy) is 2. The zero-order valence-corrected chi connectivity index (χ0v) is 17.7. The van der Waals surface area contributed by atoms with Crippen LogP contribution in [-0.2, 0) is 21.1 Å². The molecule has 3 aromatic carbocycles. The lowest BCUT2D eigenvalue weighted by molar-refractivity contribution is -0.147. The van der Waals surface area contributed by atoms with Gasteiger partial charge in [0.05, 0.1) is 4.90 Å². The largest absolute Gasteiger partial charge is 0.485 e. The Bertz CT molecular complexity index is 1280. The van der Waals surface area contributed by atoms with Gasteiger partial charge in [-0.25, -0.2) is 22.0 Å². The summed E-state index contributed by atoms with van der Waals surface area (Å²) in [5, 5.41) is 9.23. The highest BCUT2D eigenvalue weighted by Gasteiger charge is 2.28. The summed E-state index contributed by atoms with van der Waals surface area (Å²) >= 11 is 0. The number of aliphatic carboxylic acids is 1. The van der Waals surface area contributed by atoms with Gasteiger partial charge < -0.3 is 14.6 Å². The second-order valence-electron chi connectivity index (χ2n) is 7.46. The first kappa shape index (κ1) is 21.8. The van der Waals surface area contributed by atoms with Crippen LogP contribution in [0.25, 0.3) is 11.1 Å². The first-order chi connectivity index (χ1) is 15.1. The maximum absolute atomic E-state index is 13.7. The highest BCUT2D eigenvalue weighted by molar-refractivity contribution is 7.90. The molecule has 1 aliphatic rings. The van der Waals surface area contributed by atoms with E-state index >= 15 is 0 Å². The number of rotatable bonds is 5. The molecular weight excluding hydrogens is 442 g/mol. The lowest BCUT2D eigenvalue weighted by Gasteiger charge is -2.25. The Kier molecular flexibility index (Phi) is 5.60. The second kappa shape index (κ2) is 8.23. The lowest BCUT2D eigenvalue weighted by atomic mass is 9.94. The summed E-state index contributed by atoms with van der Waals surface area (Å²) in [6.07, 6.45) is 0.0740. The molecule has 0 saturated carbocycles. The zero-order valence-electron chi connectivity index (χ0n) is 16.8. The van der Waals surface area contributed by atoms with E-state index in [9.17, 15) is 27.1 Å². The predicted octanol–water partition coefficient (Wildman–Crippen LogP) is 3.85. The highest BCUT2D eigenvalue weighted by Crippen LogP contribution is 2.40. The molecule has 3 aromatic rings. The summed E-state index contributed by atoms with van der Waals surface area (Å²) in [7, 11) is -3.39. The second-order valence-corrected chi connectivity index (χ2v) is 9.48. The van der Waals surface area contributed by atoms with E-state index in [0.29, 0.717) is 28.0 Å². The number of carbonyl (C=O) groups is 1. The standard InChI is InChI=1S/C23H18F2O6S/c1-32(28,29)18-4-2-14(3-5-18)19-11-21-20(30-12-22(31-21)23(26)27)9-15(19)6-13-7-16(24)10-17(25)8-13/h2-5,7-11,22H,6,12H2,1H3,(H,26,27). The van der Waals surface area contributed by atoms with E-state index in [1.807, 2.05) is 0 Å². The van der Waals surface area contributed by atoms with Gasteiger partial charge in [-0.1, -0.05) is 12.1 Å². The molecule has 0 bridgehead atoms. The molecule has 1 heterocycles. The number of fused-ring (bicyclic) bond motifs is 1. The highest BCUT2D eigenvalue weighted by atomic mass is 32.2. The van der Waals surface area contributed by atoms with Crippen LogP contribution in [0.1, 0.15) is 11.1 Å². The molecule has 1 N–H and O–H groups in total. The van der Waals surface area contributed by atoms with Crippen LogP contribution in [0.4, 0.5) is 8.78 Å².